The molecular formula is C18H27BrN2. The molecule has 0 N–H and O–H groups in total. The van der Waals surface area contributed by atoms with Crippen molar-refractivity contribution in [2.75, 3.05) is 26.2 Å². The van der Waals surface area contributed by atoms with Crippen LogP contribution in [0.1, 0.15) is 38.2 Å². The van der Waals surface area contributed by atoms with Crippen molar-refractivity contribution < 1.29 is 0 Å². The van der Waals surface area contributed by atoms with Gasteiger partial charge in [-0.3, -0.25) is 9.80 Å². The van der Waals surface area contributed by atoms with E-state index >= 15 is 0 Å². The van der Waals surface area contributed by atoms with Gasteiger partial charge < -0.3 is 0 Å². The fourth-order valence-electron chi connectivity index (χ4n) is 3.91. The van der Waals surface area contributed by atoms with Gasteiger partial charge in [0, 0.05) is 43.2 Å². The fraction of sp³-hybridized carbons (Fsp3) is 0.667. The van der Waals surface area contributed by atoms with E-state index in [0.29, 0.717) is 0 Å². The molecule has 1 saturated carbocycles. The predicted octanol–water partition coefficient (Wildman–Crippen LogP) is 4.15. The van der Waals surface area contributed by atoms with Crippen molar-refractivity contribution in [1.29, 1.82) is 0 Å². The molecule has 1 aromatic rings. The van der Waals surface area contributed by atoms with Crippen LogP contribution in [0, 0.1) is 5.92 Å². The van der Waals surface area contributed by atoms with Crippen LogP contribution in [0.3, 0.4) is 0 Å². The van der Waals surface area contributed by atoms with Crippen molar-refractivity contribution in [2.45, 2.75) is 45.2 Å². The van der Waals surface area contributed by atoms with Crippen LogP contribution in [-0.2, 0) is 6.54 Å². The van der Waals surface area contributed by atoms with Crippen LogP contribution in [0.25, 0.3) is 0 Å². The highest BCUT2D eigenvalue weighted by molar-refractivity contribution is 9.10. The van der Waals surface area contributed by atoms with Gasteiger partial charge in [0.2, 0.25) is 0 Å². The highest BCUT2D eigenvalue weighted by Gasteiger charge is 2.27. The van der Waals surface area contributed by atoms with Gasteiger partial charge in [-0.2, -0.15) is 0 Å². The molecule has 2 nitrogen and oxygen atoms in total. The number of halogens is 1. The molecule has 0 radical (unpaired) electrons. The number of piperazine rings is 1. The van der Waals surface area contributed by atoms with Gasteiger partial charge in [0.1, 0.15) is 0 Å². The molecule has 3 heteroatoms. The summed E-state index contributed by atoms with van der Waals surface area (Å²) in [6.45, 7) is 8.47. The zero-order chi connectivity index (χ0) is 14.7. The lowest BCUT2D eigenvalue weighted by Gasteiger charge is -2.42. The van der Waals surface area contributed by atoms with Gasteiger partial charge in [0.15, 0.2) is 0 Å². The van der Waals surface area contributed by atoms with Crippen LogP contribution in [0.5, 0.6) is 0 Å². The number of nitrogens with zero attached hydrogens (tertiary/aromatic N) is 2. The fourth-order valence-corrected chi connectivity index (χ4v) is 4.36. The predicted molar refractivity (Wildman–Crippen MR) is 92.4 cm³/mol. The average molecular weight is 351 g/mol. The van der Waals surface area contributed by atoms with Crippen LogP contribution in [-0.4, -0.2) is 42.0 Å². The molecule has 1 saturated heterocycles. The van der Waals surface area contributed by atoms with E-state index < -0.39 is 0 Å². The Balaban J connectivity index is 1.48. The van der Waals surface area contributed by atoms with E-state index in [9.17, 15) is 0 Å². The SMILES string of the molecule is C[C@@H]1CCC[C@H](N2CCN(Cc3cccc(Br)c3)CC2)C1. The molecule has 1 aromatic carbocycles. The molecule has 1 heterocycles. The summed E-state index contributed by atoms with van der Waals surface area (Å²) >= 11 is 3.57. The van der Waals surface area contributed by atoms with E-state index in [1.807, 2.05) is 0 Å². The van der Waals surface area contributed by atoms with Crippen molar-refractivity contribution >= 4 is 15.9 Å². The summed E-state index contributed by atoms with van der Waals surface area (Å²) in [6.07, 6.45) is 5.73. The van der Waals surface area contributed by atoms with E-state index in [4.69, 9.17) is 0 Å². The van der Waals surface area contributed by atoms with Crippen LogP contribution >= 0.6 is 15.9 Å². The first-order valence-electron chi connectivity index (χ1n) is 8.41. The average Bonchev–Trinajstić information content (AvgIpc) is 2.48. The zero-order valence-corrected chi connectivity index (χ0v) is 14.7. The molecule has 0 spiro atoms. The molecule has 0 bridgehead atoms. The molecule has 1 aliphatic heterocycles. The van der Waals surface area contributed by atoms with Crippen molar-refractivity contribution in [3.8, 4) is 0 Å². The lowest BCUT2D eigenvalue weighted by Crippen LogP contribution is -2.50. The number of hydrogen-bond donors (Lipinski definition) is 0. The molecule has 0 unspecified atom stereocenters. The Morgan fingerprint density at radius 2 is 1.95 bits per heavy atom. The minimum absolute atomic E-state index is 0.863. The normalized spacial score (nSPS) is 28.7. The smallest absolute Gasteiger partial charge is 0.0235 e. The number of benzene rings is 1. The Kier molecular flexibility index (Phi) is 5.36. The summed E-state index contributed by atoms with van der Waals surface area (Å²) in [5.74, 6) is 0.934. The number of hydrogen-bond acceptors (Lipinski definition) is 2. The van der Waals surface area contributed by atoms with Gasteiger partial charge in [-0.15, -0.1) is 0 Å². The summed E-state index contributed by atoms with van der Waals surface area (Å²) in [5, 5.41) is 0. The highest BCUT2D eigenvalue weighted by atomic mass is 79.9. The van der Waals surface area contributed by atoms with Crippen LogP contribution in [0.15, 0.2) is 28.7 Å². The molecule has 21 heavy (non-hydrogen) atoms. The number of rotatable bonds is 3. The molecule has 1 aliphatic carbocycles. The summed E-state index contributed by atoms with van der Waals surface area (Å²) in [5.41, 5.74) is 1.42. The minimum Gasteiger partial charge on any atom is -0.298 e. The minimum atomic E-state index is 0.863. The van der Waals surface area contributed by atoms with E-state index in [2.05, 4.69) is 56.9 Å². The molecule has 116 valence electrons. The molecular weight excluding hydrogens is 324 g/mol. The molecule has 2 atom stereocenters. The third-order valence-electron chi connectivity index (χ3n) is 5.13. The van der Waals surface area contributed by atoms with E-state index in [1.165, 1.54) is 61.9 Å². The summed E-state index contributed by atoms with van der Waals surface area (Å²) in [6, 6.07) is 9.58. The van der Waals surface area contributed by atoms with Gasteiger partial charge in [-0.05, 0) is 36.5 Å². The van der Waals surface area contributed by atoms with Crippen LogP contribution < -0.4 is 0 Å². The zero-order valence-electron chi connectivity index (χ0n) is 13.1. The van der Waals surface area contributed by atoms with Gasteiger partial charge in [-0.25, -0.2) is 0 Å². The monoisotopic (exact) mass is 350 g/mol. The second-order valence-corrected chi connectivity index (χ2v) is 7.78. The van der Waals surface area contributed by atoms with Crippen molar-refractivity contribution in [1.82, 2.24) is 9.80 Å². The Labute approximate surface area is 137 Å². The second-order valence-electron chi connectivity index (χ2n) is 6.87. The van der Waals surface area contributed by atoms with Gasteiger partial charge in [-0.1, -0.05) is 47.8 Å². The molecule has 2 aliphatic rings. The maximum absolute atomic E-state index is 3.57. The largest absolute Gasteiger partial charge is 0.298 e. The Morgan fingerprint density at radius 1 is 1.14 bits per heavy atom. The standard InChI is InChI=1S/C18H27BrN2/c1-15-4-2-7-18(12-15)21-10-8-20(9-11-21)14-16-5-3-6-17(19)13-16/h3,5-6,13,15,18H,2,4,7-12,14H2,1H3/t15-,18+/m1/s1. The second kappa shape index (κ2) is 7.26. The highest BCUT2D eigenvalue weighted by Crippen LogP contribution is 2.28. The Hall–Kier alpha value is -0.380. The van der Waals surface area contributed by atoms with Crippen molar-refractivity contribution in [3.05, 3.63) is 34.3 Å². The quantitative estimate of drug-likeness (QED) is 0.807. The van der Waals surface area contributed by atoms with Gasteiger partial charge >= 0.3 is 0 Å². The van der Waals surface area contributed by atoms with Crippen molar-refractivity contribution in [3.63, 3.8) is 0 Å². The third-order valence-corrected chi connectivity index (χ3v) is 5.62. The molecule has 0 amide bonds. The maximum Gasteiger partial charge on any atom is 0.0235 e. The summed E-state index contributed by atoms with van der Waals surface area (Å²) in [7, 11) is 0. The third kappa shape index (κ3) is 4.30. The Bertz CT molecular complexity index is 454. The summed E-state index contributed by atoms with van der Waals surface area (Å²) in [4.78, 5) is 5.36. The van der Waals surface area contributed by atoms with E-state index in [1.54, 1.807) is 0 Å². The molecule has 3 rings (SSSR count). The van der Waals surface area contributed by atoms with Crippen LogP contribution in [0.2, 0.25) is 0 Å². The summed E-state index contributed by atoms with van der Waals surface area (Å²) < 4.78 is 1.19. The Morgan fingerprint density at radius 3 is 2.67 bits per heavy atom. The lowest BCUT2D eigenvalue weighted by molar-refractivity contribution is 0.0659. The first-order valence-corrected chi connectivity index (χ1v) is 9.21. The molecule has 0 aromatic heterocycles. The molecule has 2 fully saturated rings. The lowest BCUT2D eigenvalue weighted by atomic mass is 9.86. The van der Waals surface area contributed by atoms with Crippen molar-refractivity contribution in [2.24, 2.45) is 5.92 Å². The maximum atomic E-state index is 3.57. The van der Waals surface area contributed by atoms with Crippen LogP contribution in [0.4, 0.5) is 0 Å². The van der Waals surface area contributed by atoms with E-state index in [-0.39, 0.29) is 0 Å². The van der Waals surface area contributed by atoms with Gasteiger partial charge in [0.05, 0.1) is 0 Å². The first kappa shape index (κ1) is 15.5. The van der Waals surface area contributed by atoms with E-state index in [0.717, 1.165) is 18.5 Å². The first-order chi connectivity index (χ1) is 10.2. The van der Waals surface area contributed by atoms with Gasteiger partial charge in [0.25, 0.3) is 0 Å². The topological polar surface area (TPSA) is 6.48 Å².